The summed E-state index contributed by atoms with van der Waals surface area (Å²) < 4.78 is 0. The first-order chi connectivity index (χ1) is 3.39. The quantitative estimate of drug-likeness (QED) is 0.380. The van der Waals surface area contributed by atoms with Gasteiger partial charge in [-0.3, -0.25) is 0 Å². The molecule has 0 spiro atoms. The minimum absolute atomic E-state index is 0.612. The highest BCUT2D eigenvalue weighted by Gasteiger charge is 2.02. The van der Waals surface area contributed by atoms with E-state index in [4.69, 9.17) is 0 Å². The molecule has 1 aliphatic heterocycles. The second-order valence-electron chi connectivity index (χ2n) is 1.89. The maximum Gasteiger partial charge on any atom is 0.0210 e. The molecule has 42 valence electrons. The average molecular weight is 101 g/mol. The highest BCUT2D eigenvalue weighted by molar-refractivity contribution is 4.60. The standard InChI is InChI=1S/C4H11N3/c1-4-2-3-5-7-6-4/h4-7H,2-3H2,1H3. The van der Waals surface area contributed by atoms with Gasteiger partial charge in [-0.2, -0.15) is 5.53 Å². The van der Waals surface area contributed by atoms with Crippen LogP contribution < -0.4 is 16.4 Å². The first-order valence-corrected chi connectivity index (χ1v) is 2.63. The molecule has 0 aliphatic carbocycles. The fourth-order valence-corrected chi connectivity index (χ4v) is 0.598. The van der Waals surface area contributed by atoms with Crippen LogP contribution in [0.15, 0.2) is 0 Å². The monoisotopic (exact) mass is 101 g/mol. The Morgan fingerprint density at radius 2 is 2.43 bits per heavy atom. The molecule has 3 N–H and O–H groups in total. The van der Waals surface area contributed by atoms with Gasteiger partial charge in [0.15, 0.2) is 0 Å². The Morgan fingerprint density at radius 3 is 2.71 bits per heavy atom. The normalized spacial score (nSPS) is 33.0. The van der Waals surface area contributed by atoms with Crippen LogP contribution in [0.3, 0.4) is 0 Å². The lowest BCUT2D eigenvalue weighted by atomic mass is 10.2. The van der Waals surface area contributed by atoms with Crippen LogP contribution in [0.4, 0.5) is 0 Å². The highest BCUT2D eigenvalue weighted by Crippen LogP contribution is 1.87. The molecule has 1 fully saturated rings. The Hall–Kier alpha value is -0.120. The van der Waals surface area contributed by atoms with Crippen molar-refractivity contribution in [3.05, 3.63) is 0 Å². The topological polar surface area (TPSA) is 36.1 Å². The number of nitrogens with one attached hydrogen (secondary N) is 3. The zero-order chi connectivity index (χ0) is 5.11. The molecule has 0 aromatic carbocycles. The van der Waals surface area contributed by atoms with Crippen molar-refractivity contribution in [2.75, 3.05) is 6.54 Å². The molecule has 1 heterocycles. The van der Waals surface area contributed by atoms with Gasteiger partial charge in [-0.1, -0.05) is 0 Å². The molecule has 3 nitrogen and oxygen atoms in total. The fourth-order valence-electron chi connectivity index (χ4n) is 0.598. The summed E-state index contributed by atoms with van der Waals surface area (Å²) in [5.74, 6) is 0. The summed E-state index contributed by atoms with van der Waals surface area (Å²) in [7, 11) is 0. The van der Waals surface area contributed by atoms with E-state index < -0.39 is 0 Å². The van der Waals surface area contributed by atoms with Gasteiger partial charge in [0.25, 0.3) is 0 Å². The van der Waals surface area contributed by atoms with E-state index >= 15 is 0 Å². The van der Waals surface area contributed by atoms with E-state index in [-0.39, 0.29) is 0 Å². The Bertz CT molecular complexity index is 48.9. The zero-order valence-electron chi connectivity index (χ0n) is 4.49. The van der Waals surface area contributed by atoms with Crippen LogP contribution in [-0.2, 0) is 0 Å². The summed E-state index contributed by atoms with van der Waals surface area (Å²) in [4.78, 5) is 0. The number of hydrazine groups is 2. The minimum atomic E-state index is 0.612. The smallest absolute Gasteiger partial charge is 0.0210 e. The summed E-state index contributed by atoms with van der Waals surface area (Å²) in [5.41, 5.74) is 8.81. The lowest BCUT2D eigenvalue weighted by Gasteiger charge is -2.20. The van der Waals surface area contributed by atoms with Crippen molar-refractivity contribution in [2.45, 2.75) is 19.4 Å². The molecule has 0 radical (unpaired) electrons. The van der Waals surface area contributed by atoms with Gasteiger partial charge in [0, 0.05) is 12.6 Å². The van der Waals surface area contributed by atoms with E-state index in [0.29, 0.717) is 6.04 Å². The number of hydrogen-bond donors (Lipinski definition) is 3. The summed E-state index contributed by atoms with van der Waals surface area (Å²) in [6.07, 6.45) is 1.20. The Balaban J connectivity index is 2.12. The van der Waals surface area contributed by atoms with Crippen molar-refractivity contribution in [3.63, 3.8) is 0 Å². The van der Waals surface area contributed by atoms with Crippen molar-refractivity contribution in [2.24, 2.45) is 0 Å². The number of rotatable bonds is 0. The van der Waals surface area contributed by atoms with E-state index in [9.17, 15) is 0 Å². The second kappa shape index (κ2) is 2.26. The molecule has 0 saturated carbocycles. The van der Waals surface area contributed by atoms with E-state index in [1.807, 2.05) is 0 Å². The minimum Gasteiger partial charge on any atom is -0.244 e. The Morgan fingerprint density at radius 1 is 1.57 bits per heavy atom. The van der Waals surface area contributed by atoms with E-state index in [1.54, 1.807) is 0 Å². The van der Waals surface area contributed by atoms with Crippen LogP contribution in [-0.4, -0.2) is 12.6 Å². The summed E-state index contributed by atoms with van der Waals surface area (Å²) in [6, 6.07) is 0.612. The third-order valence-electron chi connectivity index (χ3n) is 1.11. The molecule has 1 saturated heterocycles. The molecule has 0 amide bonds. The Kier molecular flexibility index (Phi) is 1.62. The molecule has 7 heavy (non-hydrogen) atoms. The van der Waals surface area contributed by atoms with Gasteiger partial charge in [0.05, 0.1) is 0 Å². The van der Waals surface area contributed by atoms with Gasteiger partial charge in [0.1, 0.15) is 0 Å². The van der Waals surface area contributed by atoms with Gasteiger partial charge in [-0.25, -0.2) is 10.9 Å². The van der Waals surface area contributed by atoms with Crippen LogP contribution in [0.25, 0.3) is 0 Å². The van der Waals surface area contributed by atoms with Gasteiger partial charge in [-0.15, -0.1) is 0 Å². The third-order valence-corrected chi connectivity index (χ3v) is 1.11. The van der Waals surface area contributed by atoms with Crippen molar-refractivity contribution in [1.29, 1.82) is 0 Å². The lowest BCUT2D eigenvalue weighted by molar-refractivity contribution is 0.309. The third kappa shape index (κ3) is 1.43. The van der Waals surface area contributed by atoms with Crippen LogP contribution in [0.2, 0.25) is 0 Å². The van der Waals surface area contributed by atoms with Gasteiger partial charge < -0.3 is 0 Å². The van der Waals surface area contributed by atoms with E-state index in [2.05, 4.69) is 23.3 Å². The average Bonchev–Trinajstić information content (AvgIpc) is 1.69. The molecular weight excluding hydrogens is 90.1 g/mol. The molecule has 1 rings (SSSR count). The fraction of sp³-hybridized carbons (Fsp3) is 1.00. The van der Waals surface area contributed by atoms with Crippen molar-refractivity contribution >= 4 is 0 Å². The molecule has 1 atom stereocenters. The molecule has 0 bridgehead atoms. The molecule has 1 unspecified atom stereocenters. The molecule has 0 aromatic heterocycles. The maximum atomic E-state index is 3.02. The van der Waals surface area contributed by atoms with Crippen molar-refractivity contribution < 1.29 is 0 Å². The van der Waals surface area contributed by atoms with Gasteiger partial charge in [0.2, 0.25) is 0 Å². The largest absolute Gasteiger partial charge is 0.244 e. The lowest BCUT2D eigenvalue weighted by Crippen LogP contribution is -2.53. The summed E-state index contributed by atoms with van der Waals surface area (Å²) in [6.45, 7) is 3.21. The Labute approximate surface area is 43.4 Å². The predicted molar refractivity (Wildman–Crippen MR) is 28.4 cm³/mol. The summed E-state index contributed by atoms with van der Waals surface area (Å²) in [5, 5.41) is 0. The second-order valence-corrected chi connectivity index (χ2v) is 1.89. The molecular formula is C4H11N3. The highest BCUT2D eigenvalue weighted by atomic mass is 15.6. The SMILES string of the molecule is CC1CCNNN1. The van der Waals surface area contributed by atoms with Crippen LogP contribution >= 0.6 is 0 Å². The number of hydrogen-bond acceptors (Lipinski definition) is 3. The van der Waals surface area contributed by atoms with E-state index in [0.717, 1.165) is 6.54 Å². The molecule has 3 heteroatoms. The predicted octanol–water partition coefficient (Wildman–Crippen LogP) is -0.623. The van der Waals surface area contributed by atoms with Crippen LogP contribution in [0.1, 0.15) is 13.3 Å². The van der Waals surface area contributed by atoms with Gasteiger partial charge >= 0.3 is 0 Å². The first-order valence-electron chi connectivity index (χ1n) is 2.63. The van der Waals surface area contributed by atoms with Gasteiger partial charge in [-0.05, 0) is 13.3 Å². The van der Waals surface area contributed by atoms with Crippen LogP contribution in [0, 0.1) is 0 Å². The van der Waals surface area contributed by atoms with Crippen molar-refractivity contribution in [1.82, 2.24) is 16.4 Å². The summed E-state index contributed by atoms with van der Waals surface area (Å²) >= 11 is 0. The molecule has 1 aliphatic rings. The van der Waals surface area contributed by atoms with Crippen molar-refractivity contribution in [3.8, 4) is 0 Å². The zero-order valence-corrected chi connectivity index (χ0v) is 4.49. The first kappa shape index (κ1) is 5.03. The van der Waals surface area contributed by atoms with Crippen LogP contribution in [0.5, 0.6) is 0 Å². The van der Waals surface area contributed by atoms with E-state index in [1.165, 1.54) is 6.42 Å². The molecule has 0 aromatic rings. The maximum absolute atomic E-state index is 3.02.